The molecular formula is C26H30ClN5O. The van der Waals surface area contributed by atoms with Gasteiger partial charge in [-0.1, -0.05) is 11.6 Å². The third-order valence-electron chi connectivity index (χ3n) is 6.58. The van der Waals surface area contributed by atoms with Gasteiger partial charge in [0.15, 0.2) is 0 Å². The fraction of sp³-hybridized carbons (Fsp3) is 0.346. The van der Waals surface area contributed by atoms with Crippen molar-refractivity contribution in [3.63, 3.8) is 0 Å². The van der Waals surface area contributed by atoms with Crippen molar-refractivity contribution in [3.8, 4) is 11.1 Å². The molecule has 7 heteroatoms. The van der Waals surface area contributed by atoms with Gasteiger partial charge in [0.1, 0.15) is 0 Å². The molecule has 0 aliphatic carbocycles. The van der Waals surface area contributed by atoms with Crippen LogP contribution in [0.15, 0.2) is 61.2 Å². The molecule has 0 spiro atoms. The molecule has 4 heterocycles. The number of hydrogen-bond donors (Lipinski definition) is 1. The van der Waals surface area contributed by atoms with Crippen LogP contribution in [0, 0.1) is 6.92 Å². The molecule has 0 saturated carbocycles. The molecule has 5 rings (SSSR count). The minimum atomic E-state index is 0. The SMILES string of the molecule is Cc1ccc2[nH]c(C3CCCN(C(=O)CC(C)n4cccn4)C3)c(-c3ccncc3)c2c1.Cl. The maximum Gasteiger partial charge on any atom is 0.224 e. The summed E-state index contributed by atoms with van der Waals surface area (Å²) in [5, 5.41) is 5.53. The van der Waals surface area contributed by atoms with Crippen LogP contribution in [0.25, 0.3) is 22.0 Å². The van der Waals surface area contributed by atoms with E-state index in [0.29, 0.717) is 6.42 Å². The Labute approximate surface area is 200 Å². The predicted octanol–water partition coefficient (Wildman–Crippen LogP) is 5.51. The van der Waals surface area contributed by atoms with Crippen molar-refractivity contribution in [3.05, 3.63) is 72.4 Å². The number of likely N-dealkylation sites (tertiary alicyclic amines) is 1. The Balaban J connectivity index is 0.00000259. The van der Waals surface area contributed by atoms with Crippen molar-refractivity contribution in [1.82, 2.24) is 24.6 Å². The minimum Gasteiger partial charge on any atom is -0.358 e. The first kappa shape index (κ1) is 23.1. The minimum absolute atomic E-state index is 0. The first-order valence-electron chi connectivity index (χ1n) is 11.4. The number of pyridine rings is 1. The molecule has 0 bridgehead atoms. The summed E-state index contributed by atoms with van der Waals surface area (Å²) in [5.74, 6) is 0.485. The van der Waals surface area contributed by atoms with Gasteiger partial charge in [0, 0.05) is 72.4 Å². The van der Waals surface area contributed by atoms with Crippen molar-refractivity contribution < 1.29 is 4.79 Å². The number of aromatic amines is 1. The summed E-state index contributed by atoms with van der Waals surface area (Å²) in [6.07, 6.45) is 9.93. The number of aryl methyl sites for hydroxylation is 1. The number of amides is 1. The second-order valence-electron chi connectivity index (χ2n) is 8.92. The molecule has 172 valence electrons. The summed E-state index contributed by atoms with van der Waals surface area (Å²) in [6.45, 7) is 5.75. The number of nitrogens with zero attached hydrogens (tertiary/aromatic N) is 4. The lowest BCUT2D eigenvalue weighted by Gasteiger charge is -2.33. The van der Waals surface area contributed by atoms with Crippen molar-refractivity contribution in [2.45, 2.75) is 45.1 Å². The molecule has 0 radical (unpaired) electrons. The summed E-state index contributed by atoms with van der Waals surface area (Å²) < 4.78 is 1.86. The third kappa shape index (κ3) is 4.67. The standard InChI is InChI=1S/C26H29N5O.ClH/c1-18-6-7-23-22(15-18)25(20-8-11-27-12-9-20)26(29-23)21-5-3-13-30(17-21)24(32)16-19(2)31-14-4-10-28-31;/h4,6-12,14-15,19,21,29H,3,5,13,16-17H2,1-2H3;1H. The number of fused-ring (bicyclic) bond motifs is 1. The van der Waals surface area contributed by atoms with E-state index in [9.17, 15) is 4.79 Å². The molecule has 1 aliphatic rings. The molecule has 1 amide bonds. The van der Waals surface area contributed by atoms with Gasteiger partial charge < -0.3 is 9.88 Å². The third-order valence-corrected chi connectivity index (χ3v) is 6.58. The van der Waals surface area contributed by atoms with Crippen LogP contribution in [0.2, 0.25) is 0 Å². The van der Waals surface area contributed by atoms with E-state index in [1.165, 1.54) is 27.8 Å². The average molecular weight is 464 g/mol. The highest BCUT2D eigenvalue weighted by molar-refractivity contribution is 5.98. The summed E-state index contributed by atoms with van der Waals surface area (Å²) in [5.41, 5.74) is 6.03. The second kappa shape index (κ2) is 9.79. The zero-order valence-corrected chi connectivity index (χ0v) is 19.9. The zero-order valence-electron chi connectivity index (χ0n) is 19.1. The quantitative estimate of drug-likeness (QED) is 0.424. The molecule has 2 unspecified atom stereocenters. The van der Waals surface area contributed by atoms with Gasteiger partial charge in [-0.3, -0.25) is 14.5 Å². The maximum atomic E-state index is 13.1. The highest BCUT2D eigenvalue weighted by Gasteiger charge is 2.29. The lowest BCUT2D eigenvalue weighted by molar-refractivity contribution is -0.133. The average Bonchev–Trinajstić information content (AvgIpc) is 3.48. The van der Waals surface area contributed by atoms with Crippen molar-refractivity contribution >= 4 is 29.2 Å². The van der Waals surface area contributed by atoms with E-state index in [2.05, 4.69) is 52.3 Å². The number of carbonyl (C=O) groups excluding carboxylic acids is 1. The lowest BCUT2D eigenvalue weighted by atomic mass is 9.89. The number of H-pyrrole nitrogens is 1. The predicted molar refractivity (Wildman–Crippen MR) is 134 cm³/mol. The Hall–Kier alpha value is -3.12. The molecule has 2 atom stereocenters. The summed E-state index contributed by atoms with van der Waals surface area (Å²) in [6, 6.07) is 12.7. The summed E-state index contributed by atoms with van der Waals surface area (Å²) >= 11 is 0. The van der Waals surface area contributed by atoms with Gasteiger partial charge in [-0.25, -0.2) is 0 Å². The fourth-order valence-electron chi connectivity index (χ4n) is 4.92. The number of piperidine rings is 1. The van der Waals surface area contributed by atoms with Gasteiger partial charge in [-0.05, 0) is 62.6 Å². The van der Waals surface area contributed by atoms with Crippen LogP contribution in [-0.2, 0) is 4.79 Å². The van der Waals surface area contributed by atoms with Crippen LogP contribution >= 0.6 is 12.4 Å². The highest BCUT2D eigenvalue weighted by Crippen LogP contribution is 2.39. The second-order valence-corrected chi connectivity index (χ2v) is 8.92. The molecule has 33 heavy (non-hydrogen) atoms. The Morgan fingerprint density at radius 2 is 2.03 bits per heavy atom. The van der Waals surface area contributed by atoms with Crippen LogP contribution < -0.4 is 0 Å². The fourth-order valence-corrected chi connectivity index (χ4v) is 4.92. The number of carbonyl (C=O) groups is 1. The topological polar surface area (TPSA) is 66.8 Å². The molecule has 4 aromatic rings. The molecule has 3 aromatic heterocycles. The first-order chi connectivity index (χ1) is 15.6. The molecular weight excluding hydrogens is 434 g/mol. The number of hydrogen-bond acceptors (Lipinski definition) is 3. The number of nitrogens with one attached hydrogen (secondary N) is 1. The van der Waals surface area contributed by atoms with Crippen LogP contribution in [0.5, 0.6) is 0 Å². The van der Waals surface area contributed by atoms with Crippen molar-refractivity contribution in [2.75, 3.05) is 13.1 Å². The van der Waals surface area contributed by atoms with Crippen LogP contribution in [0.1, 0.15) is 49.4 Å². The van der Waals surface area contributed by atoms with Gasteiger partial charge in [0.25, 0.3) is 0 Å². The molecule has 1 aliphatic heterocycles. The monoisotopic (exact) mass is 463 g/mol. The smallest absolute Gasteiger partial charge is 0.224 e. The number of aromatic nitrogens is 4. The first-order valence-corrected chi connectivity index (χ1v) is 11.4. The van der Waals surface area contributed by atoms with E-state index in [1.54, 1.807) is 6.20 Å². The van der Waals surface area contributed by atoms with Crippen LogP contribution in [0.4, 0.5) is 0 Å². The van der Waals surface area contributed by atoms with Crippen molar-refractivity contribution in [1.29, 1.82) is 0 Å². The molecule has 1 aromatic carbocycles. The van der Waals surface area contributed by atoms with E-state index >= 15 is 0 Å². The summed E-state index contributed by atoms with van der Waals surface area (Å²) in [7, 11) is 0. The van der Waals surface area contributed by atoms with Crippen molar-refractivity contribution in [2.24, 2.45) is 0 Å². The molecule has 1 saturated heterocycles. The van der Waals surface area contributed by atoms with Crippen LogP contribution in [0.3, 0.4) is 0 Å². The maximum absolute atomic E-state index is 13.1. The van der Waals surface area contributed by atoms with Gasteiger partial charge in [-0.2, -0.15) is 5.10 Å². The van der Waals surface area contributed by atoms with Gasteiger partial charge in [0.2, 0.25) is 5.91 Å². The largest absolute Gasteiger partial charge is 0.358 e. The van der Waals surface area contributed by atoms with E-state index in [1.807, 2.05) is 41.2 Å². The highest BCUT2D eigenvalue weighted by atomic mass is 35.5. The number of halogens is 1. The zero-order chi connectivity index (χ0) is 22.1. The van der Waals surface area contributed by atoms with E-state index in [0.717, 1.165) is 31.4 Å². The normalized spacial score (nSPS) is 17.0. The van der Waals surface area contributed by atoms with E-state index in [-0.39, 0.29) is 30.3 Å². The molecule has 1 N–H and O–H groups in total. The van der Waals surface area contributed by atoms with Gasteiger partial charge in [0.05, 0.1) is 6.04 Å². The van der Waals surface area contributed by atoms with E-state index < -0.39 is 0 Å². The Morgan fingerprint density at radius 1 is 1.21 bits per heavy atom. The van der Waals surface area contributed by atoms with Gasteiger partial charge >= 0.3 is 0 Å². The molecule has 6 nitrogen and oxygen atoms in total. The lowest BCUT2D eigenvalue weighted by Crippen LogP contribution is -2.40. The Bertz CT molecular complexity index is 1220. The molecule has 1 fully saturated rings. The van der Waals surface area contributed by atoms with E-state index in [4.69, 9.17) is 0 Å². The number of benzene rings is 1. The van der Waals surface area contributed by atoms with Gasteiger partial charge in [-0.15, -0.1) is 12.4 Å². The Kier molecular flexibility index (Phi) is 6.84. The van der Waals surface area contributed by atoms with Crippen LogP contribution in [-0.4, -0.2) is 43.6 Å². The Morgan fingerprint density at radius 3 is 2.79 bits per heavy atom. The number of rotatable bonds is 5. The summed E-state index contributed by atoms with van der Waals surface area (Å²) in [4.78, 5) is 23.1.